The molecule has 0 spiro atoms. The van der Waals surface area contributed by atoms with E-state index >= 15 is 0 Å². The summed E-state index contributed by atoms with van der Waals surface area (Å²) < 4.78 is 1.91. The van der Waals surface area contributed by atoms with Gasteiger partial charge in [0.2, 0.25) is 0 Å². The molecule has 2 aromatic rings. The Morgan fingerprint density at radius 1 is 1.18 bits per heavy atom. The number of unbranched alkanes of at least 4 members (excludes halogenated alkanes) is 2. The molecule has 0 aliphatic heterocycles. The van der Waals surface area contributed by atoms with Gasteiger partial charge >= 0.3 is 0 Å². The fourth-order valence-electron chi connectivity index (χ4n) is 1.71. The van der Waals surface area contributed by atoms with E-state index in [2.05, 4.69) is 16.9 Å². The summed E-state index contributed by atoms with van der Waals surface area (Å²) in [5.41, 5.74) is 2.05. The van der Waals surface area contributed by atoms with Crippen molar-refractivity contribution in [3.05, 3.63) is 49.2 Å². The second-order valence-corrected chi connectivity index (χ2v) is 4.02. The van der Waals surface area contributed by atoms with Crippen molar-refractivity contribution in [2.75, 3.05) is 0 Å². The van der Waals surface area contributed by atoms with Crippen molar-refractivity contribution in [2.24, 2.45) is 0 Å². The predicted octanol–water partition coefficient (Wildman–Crippen LogP) is 3.30. The average molecular weight is 227 g/mol. The standard InChI is InChI=1S/C14H17N3/c1-2-3-4-8-11-17-12-14(15-16-17)13-9-6-5-7-10-13/h2,5-7,9-10,12H,1,3-4,8,11H2. The van der Waals surface area contributed by atoms with Crippen LogP contribution in [-0.4, -0.2) is 15.0 Å². The minimum absolute atomic E-state index is 0.924. The van der Waals surface area contributed by atoms with Crippen LogP contribution in [0.1, 0.15) is 19.3 Å². The van der Waals surface area contributed by atoms with E-state index in [1.54, 1.807) is 0 Å². The lowest BCUT2D eigenvalue weighted by atomic mass is 10.2. The highest BCUT2D eigenvalue weighted by Crippen LogP contribution is 2.14. The van der Waals surface area contributed by atoms with E-state index in [-0.39, 0.29) is 0 Å². The quantitative estimate of drug-likeness (QED) is 0.560. The molecule has 0 radical (unpaired) electrons. The Bertz CT molecular complexity index is 459. The van der Waals surface area contributed by atoms with Crippen LogP contribution >= 0.6 is 0 Å². The van der Waals surface area contributed by atoms with Gasteiger partial charge in [-0.25, -0.2) is 0 Å². The van der Waals surface area contributed by atoms with Crippen molar-refractivity contribution in [2.45, 2.75) is 25.8 Å². The monoisotopic (exact) mass is 227 g/mol. The summed E-state index contributed by atoms with van der Waals surface area (Å²) >= 11 is 0. The summed E-state index contributed by atoms with van der Waals surface area (Å²) in [5, 5.41) is 8.31. The Morgan fingerprint density at radius 3 is 2.76 bits per heavy atom. The largest absolute Gasteiger partial charge is 0.252 e. The summed E-state index contributed by atoms with van der Waals surface area (Å²) in [6.45, 7) is 4.64. The van der Waals surface area contributed by atoms with Crippen molar-refractivity contribution < 1.29 is 0 Å². The van der Waals surface area contributed by atoms with Crippen molar-refractivity contribution >= 4 is 0 Å². The van der Waals surface area contributed by atoms with Gasteiger partial charge in [0.15, 0.2) is 0 Å². The number of allylic oxidation sites excluding steroid dienone is 1. The second-order valence-electron chi connectivity index (χ2n) is 4.02. The summed E-state index contributed by atoms with van der Waals surface area (Å²) in [4.78, 5) is 0. The molecule has 1 aromatic carbocycles. The Kier molecular flexibility index (Phi) is 4.08. The molecule has 0 aliphatic rings. The third kappa shape index (κ3) is 3.28. The predicted molar refractivity (Wildman–Crippen MR) is 69.5 cm³/mol. The van der Waals surface area contributed by atoms with Crippen LogP contribution < -0.4 is 0 Å². The molecule has 0 aliphatic carbocycles. The van der Waals surface area contributed by atoms with Crippen LogP contribution in [0.5, 0.6) is 0 Å². The Hall–Kier alpha value is -1.90. The fourth-order valence-corrected chi connectivity index (χ4v) is 1.71. The van der Waals surface area contributed by atoms with Gasteiger partial charge in [0.25, 0.3) is 0 Å². The molecule has 0 fully saturated rings. The maximum atomic E-state index is 4.18. The van der Waals surface area contributed by atoms with Crippen LogP contribution in [0, 0.1) is 0 Å². The van der Waals surface area contributed by atoms with Gasteiger partial charge in [-0.05, 0) is 19.3 Å². The SMILES string of the molecule is C=CCCCCn1cc(-c2ccccc2)nn1. The van der Waals surface area contributed by atoms with Gasteiger partial charge in [-0.3, -0.25) is 4.68 Å². The minimum Gasteiger partial charge on any atom is -0.252 e. The Balaban J connectivity index is 1.94. The van der Waals surface area contributed by atoms with Gasteiger partial charge in [-0.15, -0.1) is 11.7 Å². The number of hydrogen-bond acceptors (Lipinski definition) is 2. The van der Waals surface area contributed by atoms with E-state index in [9.17, 15) is 0 Å². The highest BCUT2D eigenvalue weighted by atomic mass is 15.4. The molecular formula is C14H17N3. The number of nitrogens with zero attached hydrogens (tertiary/aromatic N) is 3. The molecule has 3 nitrogen and oxygen atoms in total. The van der Waals surface area contributed by atoms with E-state index in [1.807, 2.05) is 47.3 Å². The van der Waals surface area contributed by atoms with Crippen LogP contribution in [0.2, 0.25) is 0 Å². The zero-order chi connectivity index (χ0) is 11.9. The second kappa shape index (κ2) is 5.99. The van der Waals surface area contributed by atoms with E-state index in [0.29, 0.717) is 0 Å². The molecule has 0 atom stereocenters. The third-order valence-electron chi connectivity index (χ3n) is 2.65. The highest BCUT2D eigenvalue weighted by molar-refractivity contribution is 5.56. The fraction of sp³-hybridized carbons (Fsp3) is 0.286. The number of hydrogen-bond donors (Lipinski definition) is 0. The van der Waals surface area contributed by atoms with Crippen LogP contribution in [-0.2, 0) is 6.54 Å². The first-order chi connectivity index (χ1) is 8.40. The third-order valence-corrected chi connectivity index (χ3v) is 2.65. The first-order valence-corrected chi connectivity index (χ1v) is 5.96. The van der Waals surface area contributed by atoms with Gasteiger partial charge in [0.05, 0.1) is 6.20 Å². The first kappa shape index (κ1) is 11.6. The van der Waals surface area contributed by atoms with Crippen LogP contribution in [0.25, 0.3) is 11.3 Å². The van der Waals surface area contributed by atoms with Gasteiger partial charge < -0.3 is 0 Å². The minimum atomic E-state index is 0.924. The summed E-state index contributed by atoms with van der Waals surface area (Å²) in [6.07, 6.45) is 7.30. The first-order valence-electron chi connectivity index (χ1n) is 5.96. The number of aromatic nitrogens is 3. The van der Waals surface area contributed by atoms with E-state index in [0.717, 1.165) is 37.1 Å². The smallest absolute Gasteiger partial charge is 0.113 e. The van der Waals surface area contributed by atoms with Crippen LogP contribution in [0.4, 0.5) is 0 Å². The molecule has 88 valence electrons. The zero-order valence-corrected chi connectivity index (χ0v) is 9.92. The average Bonchev–Trinajstić information content (AvgIpc) is 2.85. The lowest BCUT2D eigenvalue weighted by Crippen LogP contribution is -1.98. The maximum absolute atomic E-state index is 4.18. The maximum Gasteiger partial charge on any atom is 0.113 e. The van der Waals surface area contributed by atoms with Crippen molar-refractivity contribution in [1.29, 1.82) is 0 Å². The van der Waals surface area contributed by atoms with Crippen molar-refractivity contribution in [3.63, 3.8) is 0 Å². The van der Waals surface area contributed by atoms with E-state index in [4.69, 9.17) is 0 Å². The molecular weight excluding hydrogens is 210 g/mol. The van der Waals surface area contributed by atoms with Crippen LogP contribution in [0.15, 0.2) is 49.2 Å². The highest BCUT2D eigenvalue weighted by Gasteiger charge is 2.02. The lowest BCUT2D eigenvalue weighted by Gasteiger charge is -1.98. The molecule has 3 heteroatoms. The molecule has 0 saturated heterocycles. The molecule has 0 saturated carbocycles. The lowest BCUT2D eigenvalue weighted by molar-refractivity contribution is 0.543. The van der Waals surface area contributed by atoms with E-state index in [1.165, 1.54) is 0 Å². The molecule has 0 unspecified atom stereocenters. The molecule has 2 rings (SSSR count). The van der Waals surface area contributed by atoms with E-state index < -0.39 is 0 Å². The molecule has 0 amide bonds. The molecule has 0 N–H and O–H groups in total. The van der Waals surface area contributed by atoms with Gasteiger partial charge in [0.1, 0.15) is 5.69 Å². The van der Waals surface area contributed by atoms with Crippen LogP contribution in [0.3, 0.4) is 0 Å². The topological polar surface area (TPSA) is 30.7 Å². The molecule has 0 bridgehead atoms. The van der Waals surface area contributed by atoms with Gasteiger partial charge in [0, 0.05) is 12.1 Å². The van der Waals surface area contributed by atoms with Crippen molar-refractivity contribution in [3.8, 4) is 11.3 Å². The number of rotatable bonds is 6. The Labute approximate surface area is 102 Å². The summed E-state index contributed by atoms with van der Waals surface area (Å²) in [6, 6.07) is 10.1. The Morgan fingerprint density at radius 2 is 2.00 bits per heavy atom. The summed E-state index contributed by atoms with van der Waals surface area (Å²) in [5.74, 6) is 0. The van der Waals surface area contributed by atoms with Crippen molar-refractivity contribution in [1.82, 2.24) is 15.0 Å². The zero-order valence-electron chi connectivity index (χ0n) is 9.92. The number of benzene rings is 1. The normalized spacial score (nSPS) is 10.4. The molecule has 1 heterocycles. The van der Waals surface area contributed by atoms with Gasteiger partial charge in [-0.2, -0.15) is 0 Å². The molecule has 1 aromatic heterocycles. The number of aryl methyl sites for hydroxylation is 1. The summed E-state index contributed by atoms with van der Waals surface area (Å²) in [7, 11) is 0. The molecule has 17 heavy (non-hydrogen) atoms. The van der Waals surface area contributed by atoms with Gasteiger partial charge in [-0.1, -0.05) is 41.6 Å².